The summed E-state index contributed by atoms with van der Waals surface area (Å²) in [6.45, 7) is 3.20. The van der Waals surface area contributed by atoms with Crippen LogP contribution in [0.1, 0.15) is 29.2 Å². The first-order chi connectivity index (χ1) is 13.7. The molecule has 0 radical (unpaired) electrons. The molecule has 3 heterocycles. The summed E-state index contributed by atoms with van der Waals surface area (Å²) in [6, 6.07) is 21.8. The molecule has 0 saturated heterocycles. The Bertz CT molecular complexity index is 1130. The van der Waals surface area contributed by atoms with Crippen LogP contribution in [0.2, 0.25) is 0 Å². The number of aromatic nitrogens is 2. The SMILES string of the molecule is COc1ccc(-c2c3n(c4ccc(C)cc24)CC(c2ccccc2)CC3)cn1. The Labute approximate surface area is 165 Å². The molecule has 0 aliphatic carbocycles. The Morgan fingerprint density at radius 1 is 1.04 bits per heavy atom. The molecule has 5 rings (SSSR count). The van der Waals surface area contributed by atoms with Crippen LogP contribution in [0.3, 0.4) is 0 Å². The van der Waals surface area contributed by atoms with E-state index in [1.165, 1.54) is 45.3 Å². The lowest BCUT2D eigenvalue weighted by Gasteiger charge is -2.26. The first kappa shape index (κ1) is 17.1. The van der Waals surface area contributed by atoms with E-state index in [0.717, 1.165) is 13.0 Å². The molecule has 0 spiro atoms. The molecule has 4 aromatic rings. The van der Waals surface area contributed by atoms with Gasteiger partial charge in [-0.2, -0.15) is 0 Å². The maximum absolute atomic E-state index is 5.25. The molecule has 0 fully saturated rings. The van der Waals surface area contributed by atoms with Gasteiger partial charge < -0.3 is 9.30 Å². The monoisotopic (exact) mass is 368 g/mol. The Hall–Kier alpha value is -3.07. The summed E-state index contributed by atoms with van der Waals surface area (Å²) in [7, 11) is 1.66. The number of benzene rings is 2. The zero-order chi connectivity index (χ0) is 19.1. The lowest BCUT2D eigenvalue weighted by molar-refractivity contribution is 0.398. The number of aryl methyl sites for hydroxylation is 1. The summed E-state index contributed by atoms with van der Waals surface area (Å²) in [5.41, 5.74) is 7.99. The van der Waals surface area contributed by atoms with E-state index in [0.29, 0.717) is 11.8 Å². The van der Waals surface area contributed by atoms with Crippen molar-refractivity contribution in [2.24, 2.45) is 0 Å². The van der Waals surface area contributed by atoms with Gasteiger partial charge in [-0.15, -0.1) is 0 Å². The summed E-state index contributed by atoms with van der Waals surface area (Å²) >= 11 is 0. The Morgan fingerprint density at radius 3 is 2.64 bits per heavy atom. The van der Waals surface area contributed by atoms with Crippen LogP contribution >= 0.6 is 0 Å². The fourth-order valence-electron chi connectivity index (χ4n) is 4.58. The van der Waals surface area contributed by atoms with E-state index in [9.17, 15) is 0 Å². The third-order valence-electron chi connectivity index (χ3n) is 5.96. The third-order valence-corrected chi connectivity index (χ3v) is 5.96. The van der Waals surface area contributed by atoms with E-state index in [1.807, 2.05) is 12.3 Å². The van der Waals surface area contributed by atoms with E-state index in [1.54, 1.807) is 7.11 Å². The molecular formula is C25H24N2O. The van der Waals surface area contributed by atoms with Gasteiger partial charge in [-0.1, -0.05) is 42.0 Å². The van der Waals surface area contributed by atoms with E-state index in [4.69, 9.17) is 4.74 Å². The molecule has 1 aliphatic heterocycles. The number of pyridine rings is 1. The van der Waals surface area contributed by atoms with Gasteiger partial charge >= 0.3 is 0 Å². The van der Waals surface area contributed by atoms with Crippen LogP contribution in [-0.2, 0) is 13.0 Å². The van der Waals surface area contributed by atoms with E-state index in [-0.39, 0.29) is 0 Å². The Balaban J connectivity index is 1.67. The van der Waals surface area contributed by atoms with Crippen molar-refractivity contribution in [3.05, 3.63) is 83.7 Å². The van der Waals surface area contributed by atoms with E-state index in [2.05, 4.69) is 71.1 Å². The van der Waals surface area contributed by atoms with Gasteiger partial charge in [0, 0.05) is 52.4 Å². The molecule has 0 bridgehead atoms. The van der Waals surface area contributed by atoms with Gasteiger partial charge in [-0.3, -0.25) is 0 Å². The van der Waals surface area contributed by atoms with Crippen molar-refractivity contribution in [3.63, 3.8) is 0 Å². The van der Waals surface area contributed by atoms with Gasteiger partial charge in [0.15, 0.2) is 0 Å². The number of fused-ring (bicyclic) bond motifs is 3. The molecule has 28 heavy (non-hydrogen) atoms. The van der Waals surface area contributed by atoms with E-state index >= 15 is 0 Å². The fourth-order valence-corrected chi connectivity index (χ4v) is 4.58. The first-order valence-electron chi connectivity index (χ1n) is 9.91. The second-order valence-electron chi connectivity index (χ2n) is 7.69. The van der Waals surface area contributed by atoms with Crippen molar-refractivity contribution in [1.82, 2.24) is 9.55 Å². The van der Waals surface area contributed by atoms with Crippen molar-refractivity contribution >= 4 is 10.9 Å². The summed E-state index contributed by atoms with van der Waals surface area (Å²) in [4.78, 5) is 4.46. The molecular weight excluding hydrogens is 344 g/mol. The van der Waals surface area contributed by atoms with Crippen LogP contribution in [0.25, 0.3) is 22.0 Å². The van der Waals surface area contributed by atoms with Crippen LogP contribution in [0.15, 0.2) is 66.9 Å². The van der Waals surface area contributed by atoms with Crippen LogP contribution < -0.4 is 4.74 Å². The molecule has 3 nitrogen and oxygen atoms in total. The average Bonchev–Trinajstić information content (AvgIpc) is 3.07. The molecule has 140 valence electrons. The molecule has 0 saturated carbocycles. The smallest absolute Gasteiger partial charge is 0.212 e. The van der Waals surface area contributed by atoms with Crippen LogP contribution in [0, 0.1) is 6.92 Å². The largest absolute Gasteiger partial charge is 0.481 e. The zero-order valence-electron chi connectivity index (χ0n) is 16.4. The molecule has 2 aromatic heterocycles. The molecule has 1 aliphatic rings. The second kappa shape index (κ2) is 6.83. The maximum atomic E-state index is 5.25. The number of hydrogen-bond donors (Lipinski definition) is 0. The quantitative estimate of drug-likeness (QED) is 0.460. The molecule has 2 aromatic carbocycles. The van der Waals surface area contributed by atoms with Gasteiger partial charge in [0.25, 0.3) is 0 Å². The summed E-state index contributed by atoms with van der Waals surface area (Å²) in [5.74, 6) is 1.22. The minimum Gasteiger partial charge on any atom is -0.481 e. The number of rotatable bonds is 3. The molecule has 1 unspecified atom stereocenters. The minimum absolute atomic E-state index is 0.562. The number of hydrogen-bond acceptors (Lipinski definition) is 2. The summed E-state index contributed by atoms with van der Waals surface area (Å²) in [6.07, 6.45) is 4.20. The van der Waals surface area contributed by atoms with Crippen LogP contribution in [0.5, 0.6) is 5.88 Å². The van der Waals surface area contributed by atoms with Gasteiger partial charge in [0.05, 0.1) is 7.11 Å². The maximum Gasteiger partial charge on any atom is 0.212 e. The fraction of sp³-hybridized carbons (Fsp3) is 0.240. The normalized spacial score (nSPS) is 16.1. The van der Waals surface area contributed by atoms with Gasteiger partial charge in [0.2, 0.25) is 5.88 Å². The molecule has 0 amide bonds. The summed E-state index contributed by atoms with van der Waals surface area (Å²) in [5, 5.41) is 1.33. The highest BCUT2D eigenvalue weighted by Gasteiger charge is 2.26. The predicted octanol–water partition coefficient (Wildman–Crippen LogP) is 5.75. The molecule has 3 heteroatoms. The topological polar surface area (TPSA) is 27.1 Å². The molecule has 1 atom stereocenters. The number of nitrogens with zero attached hydrogens (tertiary/aromatic N) is 2. The number of ether oxygens (including phenoxy) is 1. The Kier molecular flexibility index (Phi) is 4.16. The lowest BCUT2D eigenvalue weighted by atomic mass is 9.89. The Morgan fingerprint density at radius 2 is 1.89 bits per heavy atom. The van der Waals surface area contributed by atoms with Crippen molar-refractivity contribution in [2.75, 3.05) is 7.11 Å². The summed E-state index contributed by atoms with van der Waals surface area (Å²) < 4.78 is 7.79. The highest BCUT2D eigenvalue weighted by atomic mass is 16.5. The van der Waals surface area contributed by atoms with Crippen molar-refractivity contribution in [1.29, 1.82) is 0 Å². The lowest BCUT2D eigenvalue weighted by Crippen LogP contribution is -2.18. The van der Waals surface area contributed by atoms with Gasteiger partial charge in [-0.25, -0.2) is 4.98 Å². The van der Waals surface area contributed by atoms with Crippen LogP contribution in [-0.4, -0.2) is 16.7 Å². The third kappa shape index (κ3) is 2.78. The van der Waals surface area contributed by atoms with Gasteiger partial charge in [-0.05, 0) is 43.5 Å². The standard InChI is InChI=1S/C25H24N2O/c1-17-8-11-22-21(14-17)25(19-10-13-24(28-2)26-15-19)23-12-9-20(16-27(22)23)18-6-4-3-5-7-18/h3-8,10-11,13-15,20H,9,12,16H2,1-2H3. The van der Waals surface area contributed by atoms with Crippen molar-refractivity contribution in [2.45, 2.75) is 32.2 Å². The zero-order valence-corrected chi connectivity index (χ0v) is 16.4. The average molecular weight is 368 g/mol. The second-order valence-corrected chi connectivity index (χ2v) is 7.69. The minimum atomic E-state index is 0.562. The highest BCUT2D eigenvalue weighted by Crippen LogP contribution is 2.41. The van der Waals surface area contributed by atoms with Gasteiger partial charge in [0.1, 0.15) is 0 Å². The predicted molar refractivity (Wildman–Crippen MR) is 114 cm³/mol. The number of methoxy groups -OCH3 is 1. The van der Waals surface area contributed by atoms with Crippen molar-refractivity contribution in [3.8, 4) is 17.0 Å². The molecule has 0 N–H and O–H groups in total. The highest BCUT2D eigenvalue weighted by molar-refractivity contribution is 5.98. The van der Waals surface area contributed by atoms with E-state index < -0.39 is 0 Å². The van der Waals surface area contributed by atoms with Crippen LogP contribution in [0.4, 0.5) is 0 Å². The van der Waals surface area contributed by atoms with Crippen molar-refractivity contribution < 1.29 is 4.74 Å². The first-order valence-corrected chi connectivity index (χ1v) is 9.91.